The summed E-state index contributed by atoms with van der Waals surface area (Å²) in [6, 6.07) is 17.3. The summed E-state index contributed by atoms with van der Waals surface area (Å²) < 4.78 is 6.09. The van der Waals surface area contributed by atoms with Gasteiger partial charge in [-0.2, -0.15) is 0 Å². The van der Waals surface area contributed by atoms with Gasteiger partial charge in [-0.25, -0.2) is 4.79 Å². The highest BCUT2D eigenvalue weighted by atomic mass is 32.1. The molecule has 3 rings (SSSR count). The Morgan fingerprint density at radius 1 is 1.04 bits per heavy atom. The molecule has 28 heavy (non-hydrogen) atoms. The van der Waals surface area contributed by atoms with Crippen LogP contribution in [0, 0.1) is 0 Å². The maximum absolute atomic E-state index is 12.4. The third-order valence-corrected chi connectivity index (χ3v) is 5.25. The molecule has 7 heteroatoms. The number of thiophene rings is 1. The molecule has 0 bridgehead atoms. The van der Waals surface area contributed by atoms with Gasteiger partial charge in [-0.3, -0.25) is 9.59 Å². The summed E-state index contributed by atoms with van der Waals surface area (Å²) in [4.78, 5) is 36.2. The smallest absolute Gasteiger partial charge is 0.326 e. The van der Waals surface area contributed by atoms with Gasteiger partial charge in [-0.1, -0.05) is 48.5 Å². The SMILES string of the molecule is O=C(CCC(NC(=O)c1cc2ccccc2s1)C(=O)O)OCc1ccccc1. The van der Waals surface area contributed by atoms with Crippen molar-refractivity contribution in [3.05, 3.63) is 71.1 Å². The number of esters is 1. The Morgan fingerprint density at radius 3 is 2.46 bits per heavy atom. The summed E-state index contributed by atoms with van der Waals surface area (Å²) in [7, 11) is 0. The molecule has 0 fully saturated rings. The first-order valence-corrected chi connectivity index (χ1v) is 9.56. The molecule has 0 spiro atoms. The molecule has 0 saturated carbocycles. The van der Waals surface area contributed by atoms with E-state index in [1.807, 2.05) is 54.6 Å². The fourth-order valence-corrected chi connectivity index (χ4v) is 3.62. The number of carbonyl (C=O) groups is 3. The lowest BCUT2D eigenvalue weighted by molar-refractivity contribution is -0.145. The highest BCUT2D eigenvalue weighted by Gasteiger charge is 2.23. The zero-order valence-electron chi connectivity index (χ0n) is 15.0. The first-order chi connectivity index (χ1) is 13.5. The minimum Gasteiger partial charge on any atom is -0.480 e. The summed E-state index contributed by atoms with van der Waals surface area (Å²) in [5.41, 5.74) is 0.851. The zero-order chi connectivity index (χ0) is 19.9. The number of carboxylic acid groups (broad SMARTS) is 1. The van der Waals surface area contributed by atoms with Gasteiger partial charge >= 0.3 is 11.9 Å². The fourth-order valence-electron chi connectivity index (χ4n) is 2.65. The largest absolute Gasteiger partial charge is 0.480 e. The second kappa shape index (κ2) is 9.14. The second-order valence-electron chi connectivity index (χ2n) is 6.20. The number of fused-ring (bicyclic) bond motifs is 1. The van der Waals surface area contributed by atoms with E-state index in [2.05, 4.69) is 5.32 Å². The number of carbonyl (C=O) groups excluding carboxylic acids is 2. The minimum absolute atomic E-state index is 0.0421. The van der Waals surface area contributed by atoms with Gasteiger partial charge in [0.15, 0.2) is 0 Å². The number of hydrogen-bond acceptors (Lipinski definition) is 5. The van der Waals surface area contributed by atoms with Gasteiger partial charge < -0.3 is 15.2 Å². The Kier molecular flexibility index (Phi) is 6.39. The highest BCUT2D eigenvalue weighted by Crippen LogP contribution is 2.25. The van der Waals surface area contributed by atoms with Crippen LogP contribution in [0.1, 0.15) is 28.1 Å². The van der Waals surface area contributed by atoms with Crippen LogP contribution < -0.4 is 5.32 Å². The lowest BCUT2D eigenvalue weighted by Gasteiger charge is -2.13. The van der Waals surface area contributed by atoms with Crippen LogP contribution >= 0.6 is 11.3 Å². The van der Waals surface area contributed by atoms with Crippen LogP contribution in [-0.4, -0.2) is 29.0 Å². The minimum atomic E-state index is -1.19. The van der Waals surface area contributed by atoms with Crippen LogP contribution in [0.4, 0.5) is 0 Å². The monoisotopic (exact) mass is 397 g/mol. The topological polar surface area (TPSA) is 92.7 Å². The third kappa shape index (κ3) is 5.17. The fraction of sp³-hybridized carbons (Fsp3) is 0.190. The Labute approximate surface area is 165 Å². The quantitative estimate of drug-likeness (QED) is 0.567. The summed E-state index contributed by atoms with van der Waals surface area (Å²) in [5, 5.41) is 12.8. The molecule has 1 atom stereocenters. The summed E-state index contributed by atoms with van der Waals surface area (Å²) >= 11 is 1.29. The number of hydrogen-bond donors (Lipinski definition) is 2. The van der Waals surface area contributed by atoms with Crippen molar-refractivity contribution >= 4 is 39.3 Å². The molecule has 1 amide bonds. The first kappa shape index (κ1) is 19.6. The number of amides is 1. The predicted octanol–water partition coefficient (Wildman–Crippen LogP) is 3.61. The molecule has 0 radical (unpaired) electrons. The second-order valence-corrected chi connectivity index (χ2v) is 7.28. The van der Waals surface area contributed by atoms with Gasteiger partial charge in [0, 0.05) is 11.1 Å². The molecule has 0 aliphatic carbocycles. The van der Waals surface area contributed by atoms with Gasteiger partial charge in [0.05, 0.1) is 4.88 Å². The Hall–Kier alpha value is -3.19. The molecule has 144 valence electrons. The average molecular weight is 397 g/mol. The van der Waals surface area contributed by atoms with Gasteiger partial charge in [0.1, 0.15) is 12.6 Å². The van der Waals surface area contributed by atoms with Crippen molar-refractivity contribution in [1.29, 1.82) is 0 Å². The number of ether oxygens (including phenoxy) is 1. The normalized spacial score (nSPS) is 11.7. The molecule has 0 aliphatic rings. The van der Waals surface area contributed by atoms with Crippen molar-refractivity contribution in [3.63, 3.8) is 0 Å². The number of nitrogens with one attached hydrogen (secondary N) is 1. The van der Waals surface area contributed by atoms with Gasteiger partial charge in [0.2, 0.25) is 0 Å². The van der Waals surface area contributed by atoms with Crippen LogP contribution in [0.15, 0.2) is 60.7 Å². The van der Waals surface area contributed by atoms with E-state index < -0.39 is 23.9 Å². The van der Waals surface area contributed by atoms with Crippen molar-refractivity contribution in [3.8, 4) is 0 Å². The lowest BCUT2D eigenvalue weighted by atomic mass is 10.1. The molecular weight excluding hydrogens is 378 g/mol. The van der Waals surface area contributed by atoms with Crippen LogP contribution in [0.25, 0.3) is 10.1 Å². The molecule has 1 aromatic heterocycles. The van der Waals surface area contributed by atoms with E-state index in [1.54, 1.807) is 6.07 Å². The van der Waals surface area contributed by atoms with Gasteiger partial charge in [-0.05, 0) is 29.5 Å². The maximum Gasteiger partial charge on any atom is 0.326 e. The Morgan fingerprint density at radius 2 is 1.75 bits per heavy atom. The molecule has 2 aromatic carbocycles. The van der Waals surface area contributed by atoms with Crippen molar-refractivity contribution in [1.82, 2.24) is 5.32 Å². The summed E-state index contributed by atoms with van der Waals surface area (Å²) in [6.07, 6.45) is -0.143. The zero-order valence-corrected chi connectivity index (χ0v) is 15.8. The molecule has 1 unspecified atom stereocenters. The van der Waals surface area contributed by atoms with E-state index in [-0.39, 0.29) is 19.4 Å². The van der Waals surface area contributed by atoms with Crippen molar-refractivity contribution in [2.75, 3.05) is 0 Å². The Balaban J connectivity index is 1.53. The van der Waals surface area contributed by atoms with E-state index in [9.17, 15) is 19.5 Å². The molecule has 6 nitrogen and oxygen atoms in total. The molecule has 2 N–H and O–H groups in total. The van der Waals surface area contributed by atoms with E-state index in [1.165, 1.54) is 11.3 Å². The summed E-state index contributed by atoms with van der Waals surface area (Å²) in [5.74, 6) is -2.16. The van der Waals surface area contributed by atoms with E-state index >= 15 is 0 Å². The van der Waals surface area contributed by atoms with Crippen LogP contribution in [-0.2, 0) is 20.9 Å². The standard InChI is InChI=1S/C21H19NO5S/c23-19(27-13-14-6-2-1-3-7-14)11-10-16(21(25)26)22-20(24)18-12-15-8-4-5-9-17(15)28-18/h1-9,12,16H,10-11,13H2,(H,22,24)(H,25,26). The van der Waals surface area contributed by atoms with Crippen molar-refractivity contribution < 1.29 is 24.2 Å². The van der Waals surface area contributed by atoms with E-state index in [4.69, 9.17) is 4.74 Å². The predicted molar refractivity (Wildman–Crippen MR) is 106 cm³/mol. The average Bonchev–Trinajstić information content (AvgIpc) is 3.14. The lowest BCUT2D eigenvalue weighted by Crippen LogP contribution is -2.40. The van der Waals surface area contributed by atoms with Gasteiger partial charge in [0.25, 0.3) is 5.91 Å². The highest BCUT2D eigenvalue weighted by molar-refractivity contribution is 7.20. The van der Waals surface area contributed by atoms with Crippen molar-refractivity contribution in [2.24, 2.45) is 0 Å². The van der Waals surface area contributed by atoms with E-state index in [0.29, 0.717) is 4.88 Å². The maximum atomic E-state index is 12.4. The number of benzene rings is 2. The van der Waals surface area contributed by atoms with Crippen molar-refractivity contribution in [2.45, 2.75) is 25.5 Å². The summed E-state index contributed by atoms with van der Waals surface area (Å²) in [6.45, 7) is 0.131. The van der Waals surface area contributed by atoms with Crippen LogP contribution in [0.3, 0.4) is 0 Å². The van der Waals surface area contributed by atoms with Gasteiger partial charge in [-0.15, -0.1) is 11.3 Å². The number of aliphatic carboxylic acids is 1. The molecule has 0 saturated heterocycles. The number of rotatable bonds is 8. The third-order valence-electron chi connectivity index (χ3n) is 4.13. The molecular formula is C21H19NO5S. The van der Waals surface area contributed by atoms with Crippen LogP contribution in [0.2, 0.25) is 0 Å². The first-order valence-electron chi connectivity index (χ1n) is 8.75. The molecule has 1 heterocycles. The molecule has 0 aliphatic heterocycles. The number of carboxylic acids is 1. The van der Waals surface area contributed by atoms with Crippen LogP contribution in [0.5, 0.6) is 0 Å². The Bertz CT molecular complexity index is 950. The van der Waals surface area contributed by atoms with E-state index in [0.717, 1.165) is 15.6 Å². The molecule has 3 aromatic rings.